The van der Waals surface area contributed by atoms with Gasteiger partial charge in [0.15, 0.2) is 5.75 Å². The number of rotatable bonds is 2. The zero-order valence-electron chi connectivity index (χ0n) is 10.1. The number of nitrogen functional groups attached to an aromatic ring is 2. The third-order valence-electron chi connectivity index (χ3n) is 2.60. The molecule has 0 aliphatic carbocycles. The van der Waals surface area contributed by atoms with Crippen molar-refractivity contribution in [3.63, 3.8) is 0 Å². The second-order valence-electron chi connectivity index (χ2n) is 4.13. The van der Waals surface area contributed by atoms with Gasteiger partial charge in [-0.25, -0.2) is 4.79 Å². The molecule has 0 saturated carbocycles. The van der Waals surface area contributed by atoms with Crippen LogP contribution in [-0.2, 0) is 4.79 Å². The van der Waals surface area contributed by atoms with Crippen LogP contribution in [0.15, 0.2) is 42.5 Å². The second kappa shape index (κ2) is 4.41. The number of nitrogens with two attached hydrogens (primary N) is 2. The van der Waals surface area contributed by atoms with Crippen LogP contribution in [0.4, 0.5) is 11.4 Å². The standard InChI is InChI=1S/C14H14N2O2/c1-8(2)14(17)18-13-6-9-4-3-5-11(15)10(9)7-12(13)16/h3-7H,1,15-16H2,2H3. The van der Waals surface area contributed by atoms with Crippen LogP contribution in [0.25, 0.3) is 10.8 Å². The molecule has 18 heavy (non-hydrogen) atoms. The van der Waals surface area contributed by atoms with Crippen LogP contribution in [-0.4, -0.2) is 5.97 Å². The highest BCUT2D eigenvalue weighted by molar-refractivity contribution is 5.98. The summed E-state index contributed by atoms with van der Waals surface area (Å²) in [5.74, 6) is -0.175. The van der Waals surface area contributed by atoms with Crippen LogP contribution in [0.2, 0.25) is 0 Å². The molecular formula is C14H14N2O2. The van der Waals surface area contributed by atoms with E-state index in [1.54, 1.807) is 25.1 Å². The van der Waals surface area contributed by atoms with Gasteiger partial charge in [0.1, 0.15) is 0 Å². The predicted octanol–water partition coefficient (Wildman–Crippen LogP) is 2.49. The molecule has 0 radical (unpaired) electrons. The van der Waals surface area contributed by atoms with Gasteiger partial charge in [-0.3, -0.25) is 0 Å². The molecule has 4 nitrogen and oxygen atoms in total. The lowest BCUT2D eigenvalue weighted by Crippen LogP contribution is -2.09. The van der Waals surface area contributed by atoms with Gasteiger partial charge in [0, 0.05) is 16.6 Å². The van der Waals surface area contributed by atoms with Crippen molar-refractivity contribution in [2.45, 2.75) is 6.92 Å². The molecule has 0 heterocycles. The van der Waals surface area contributed by atoms with Gasteiger partial charge in [-0.2, -0.15) is 0 Å². The van der Waals surface area contributed by atoms with Gasteiger partial charge in [0.05, 0.1) is 5.69 Å². The first-order valence-electron chi connectivity index (χ1n) is 5.44. The Hall–Kier alpha value is -2.49. The average molecular weight is 242 g/mol. The molecule has 2 aromatic rings. The minimum atomic E-state index is -0.495. The first kappa shape index (κ1) is 12.0. The van der Waals surface area contributed by atoms with Crippen molar-refractivity contribution < 1.29 is 9.53 Å². The quantitative estimate of drug-likeness (QED) is 0.367. The van der Waals surface area contributed by atoms with Gasteiger partial charge < -0.3 is 16.2 Å². The summed E-state index contributed by atoms with van der Waals surface area (Å²) < 4.78 is 5.15. The van der Waals surface area contributed by atoms with E-state index in [1.807, 2.05) is 12.1 Å². The topological polar surface area (TPSA) is 78.3 Å². The van der Waals surface area contributed by atoms with Crippen molar-refractivity contribution in [2.24, 2.45) is 0 Å². The molecule has 92 valence electrons. The Kier molecular flexibility index (Phi) is 2.93. The number of carbonyl (C=O) groups is 1. The number of ether oxygens (including phenoxy) is 1. The molecule has 2 aromatic carbocycles. The van der Waals surface area contributed by atoms with E-state index in [0.717, 1.165) is 10.8 Å². The van der Waals surface area contributed by atoms with E-state index in [9.17, 15) is 4.79 Å². The van der Waals surface area contributed by atoms with E-state index in [2.05, 4.69) is 6.58 Å². The second-order valence-corrected chi connectivity index (χ2v) is 4.13. The molecule has 0 spiro atoms. The summed E-state index contributed by atoms with van der Waals surface area (Å²) in [7, 11) is 0. The van der Waals surface area contributed by atoms with Crippen LogP contribution in [0.5, 0.6) is 5.75 Å². The van der Waals surface area contributed by atoms with Crippen molar-refractivity contribution in [3.05, 3.63) is 42.5 Å². The molecule has 4 heteroatoms. The Labute approximate surface area is 105 Å². The predicted molar refractivity (Wildman–Crippen MR) is 73.2 cm³/mol. The molecule has 0 bridgehead atoms. The van der Waals surface area contributed by atoms with Crippen LogP contribution in [0.1, 0.15) is 6.92 Å². The Morgan fingerprint density at radius 1 is 1.22 bits per heavy atom. The van der Waals surface area contributed by atoms with E-state index >= 15 is 0 Å². The van der Waals surface area contributed by atoms with Gasteiger partial charge in [-0.1, -0.05) is 18.7 Å². The maximum atomic E-state index is 11.5. The fourth-order valence-electron chi connectivity index (χ4n) is 1.62. The summed E-state index contributed by atoms with van der Waals surface area (Å²) in [6, 6.07) is 8.90. The highest BCUT2D eigenvalue weighted by Crippen LogP contribution is 2.31. The number of anilines is 2. The zero-order valence-corrected chi connectivity index (χ0v) is 10.1. The first-order valence-corrected chi connectivity index (χ1v) is 5.44. The lowest BCUT2D eigenvalue weighted by Gasteiger charge is -2.09. The Bertz CT molecular complexity index is 648. The first-order chi connectivity index (χ1) is 8.49. The molecule has 4 N–H and O–H groups in total. The molecule has 0 fully saturated rings. The van der Waals surface area contributed by atoms with Gasteiger partial charge in [-0.05, 0) is 30.5 Å². The number of hydrogen-bond donors (Lipinski definition) is 2. The molecule has 0 aromatic heterocycles. The van der Waals surface area contributed by atoms with Crippen molar-refractivity contribution >= 4 is 28.1 Å². The maximum Gasteiger partial charge on any atom is 0.338 e. The number of benzene rings is 2. The third kappa shape index (κ3) is 2.13. The zero-order chi connectivity index (χ0) is 13.3. The lowest BCUT2D eigenvalue weighted by molar-refractivity contribution is -0.130. The number of fused-ring (bicyclic) bond motifs is 1. The largest absolute Gasteiger partial charge is 0.421 e. The highest BCUT2D eigenvalue weighted by atomic mass is 16.5. The van der Waals surface area contributed by atoms with Crippen LogP contribution in [0, 0.1) is 0 Å². The third-order valence-corrected chi connectivity index (χ3v) is 2.60. The van der Waals surface area contributed by atoms with Gasteiger partial charge in [0.2, 0.25) is 0 Å². The minimum Gasteiger partial charge on any atom is -0.421 e. The van der Waals surface area contributed by atoms with E-state index < -0.39 is 5.97 Å². The van der Waals surface area contributed by atoms with Gasteiger partial charge in [0.25, 0.3) is 0 Å². The SMILES string of the molecule is C=C(C)C(=O)Oc1cc2cccc(N)c2cc1N. The molecule has 0 aliphatic rings. The molecule has 0 unspecified atom stereocenters. The number of carbonyl (C=O) groups excluding carboxylic acids is 1. The Morgan fingerprint density at radius 2 is 1.94 bits per heavy atom. The van der Waals surface area contributed by atoms with Crippen molar-refractivity contribution in [1.82, 2.24) is 0 Å². The average Bonchev–Trinajstić information content (AvgIpc) is 2.31. The summed E-state index contributed by atoms with van der Waals surface area (Å²) in [6.45, 7) is 5.10. The Morgan fingerprint density at radius 3 is 2.61 bits per heavy atom. The van der Waals surface area contributed by atoms with Crippen molar-refractivity contribution in [2.75, 3.05) is 11.5 Å². The molecule has 0 saturated heterocycles. The summed E-state index contributed by atoms with van der Waals surface area (Å²) >= 11 is 0. The normalized spacial score (nSPS) is 10.3. The minimum absolute atomic E-state index is 0.320. The molecule has 0 atom stereocenters. The molecular weight excluding hydrogens is 228 g/mol. The molecule has 2 rings (SSSR count). The summed E-state index contributed by atoms with van der Waals surface area (Å²) in [5, 5.41) is 1.71. The fraction of sp³-hybridized carbons (Fsp3) is 0.0714. The highest BCUT2D eigenvalue weighted by Gasteiger charge is 2.10. The van der Waals surface area contributed by atoms with Gasteiger partial charge >= 0.3 is 5.97 Å². The number of esters is 1. The fourth-order valence-corrected chi connectivity index (χ4v) is 1.62. The maximum absolute atomic E-state index is 11.5. The lowest BCUT2D eigenvalue weighted by atomic mass is 10.1. The van der Waals surface area contributed by atoms with Gasteiger partial charge in [-0.15, -0.1) is 0 Å². The van der Waals surface area contributed by atoms with E-state index in [1.165, 1.54) is 0 Å². The summed E-state index contributed by atoms with van der Waals surface area (Å²) in [4.78, 5) is 11.5. The summed E-state index contributed by atoms with van der Waals surface area (Å²) in [6.07, 6.45) is 0. The summed E-state index contributed by atoms with van der Waals surface area (Å²) in [5.41, 5.74) is 13.0. The molecule has 0 amide bonds. The smallest absolute Gasteiger partial charge is 0.338 e. The number of hydrogen-bond acceptors (Lipinski definition) is 4. The molecule has 0 aliphatic heterocycles. The van der Waals surface area contributed by atoms with Crippen LogP contribution >= 0.6 is 0 Å². The van der Waals surface area contributed by atoms with E-state index in [-0.39, 0.29) is 0 Å². The van der Waals surface area contributed by atoms with E-state index in [4.69, 9.17) is 16.2 Å². The van der Waals surface area contributed by atoms with E-state index in [0.29, 0.717) is 22.7 Å². The van der Waals surface area contributed by atoms with Crippen LogP contribution < -0.4 is 16.2 Å². The van der Waals surface area contributed by atoms with Crippen molar-refractivity contribution in [1.29, 1.82) is 0 Å². The Balaban J connectivity index is 2.50. The van der Waals surface area contributed by atoms with Crippen molar-refractivity contribution in [3.8, 4) is 5.75 Å². The van der Waals surface area contributed by atoms with Crippen LogP contribution in [0.3, 0.4) is 0 Å². The monoisotopic (exact) mass is 242 g/mol.